The molecule has 1 aliphatic rings. The summed E-state index contributed by atoms with van der Waals surface area (Å²) in [6.45, 7) is 5.67. The molecule has 0 saturated carbocycles. The van der Waals surface area contributed by atoms with Crippen LogP contribution in [-0.2, 0) is 9.53 Å². The summed E-state index contributed by atoms with van der Waals surface area (Å²) in [5.74, 6) is 0.798. The Bertz CT molecular complexity index is 1260. The van der Waals surface area contributed by atoms with Crippen LogP contribution in [0.5, 0.6) is 0 Å². The van der Waals surface area contributed by atoms with Crippen molar-refractivity contribution < 1.29 is 14.5 Å². The van der Waals surface area contributed by atoms with Crippen LogP contribution in [0.4, 0.5) is 34.9 Å². The zero-order chi connectivity index (χ0) is 25.5. The fourth-order valence-electron chi connectivity index (χ4n) is 3.37. The lowest BCUT2D eigenvalue weighted by atomic mass is 10.1. The van der Waals surface area contributed by atoms with Crippen molar-refractivity contribution in [3.63, 3.8) is 0 Å². The van der Waals surface area contributed by atoms with Gasteiger partial charge in [-0.15, -0.1) is 0 Å². The first kappa shape index (κ1) is 24.5. The molecule has 2 aromatic carbocycles. The third kappa shape index (κ3) is 6.48. The largest absolute Gasteiger partial charge is 0.378 e. The van der Waals surface area contributed by atoms with E-state index in [0.717, 1.165) is 5.56 Å². The first-order valence-corrected chi connectivity index (χ1v) is 11.2. The second-order valence-corrected chi connectivity index (χ2v) is 7.88. The lowest BCUT2D eigenvalue weighted by molar-refractivity contribution is -0.384. The van der Waals surface area contributed by atoms with Crippen molar-refractivity contribution in [1.82, 2.24) is 15.0 Å². The molecule has 0 spiro atoms. The van der Waals surface area contributed by atoms with Crippen LogP contribution in [0.25, 0.3) is 0 Å². The molecule has 186 valence electrons. The van der Waals surface area contributed by atoms with Gasteiger partial charge in [-0.2, -0.15) is 20.1 Å². The number of nitro groups is 1. The van der Waals surface area contributed by atoms with Gasteiger partial charge in [0.1, 0.15) is 0 Å². The first-order chi connectivity index (χ1) is 17.4. The van der Waals surface area contributed by atoms with Crippen LogP contribution in [0.1, 0.15) is 19.4 Å². The molecule has 13 nitrogen and oxygen atoms in total. The van der Waals surface area contributed by atoms with E-state index >= 15 is 0 Å². The Morgan fingerprint density at radius 1 is 0.972 bits per heavy atom. The number of hydrogen-bond donors (Lipinski definition) is 3. The van der Waals surface area contributed by atoms with Gasteiger partial charge in [-0.05, 0) is 36.8 Å². The van der Waals surface area contributed by atoms with Crippen molar-refractivity contribution in [3.8, 4) is 0 Å². The number of hydrogen-bond acceptors (Lipinski definition) is 11. The van der Waals surface area contributed by atoms with Gasteiger partial charge < -0.3 is 20.3 Å². The second kappa shape index (κ2) is 11.2. The molecule has 0 radical (unpaired) electrons. The number of non-ortho nitro benzene ring substituents is 1. The summed E-state index contributed by atoms with van der Waals surface area (Å²) >= 11 is 0. The van der Waals surface area contributed by atoms with Gasteiger partial charge in [-0.25, -0.2) is 5.43 Å². The van der Waals surface area contributed by atoms with Crippen molar-refractivity contribution >= 4 is 46.5 Å². The minimum Gasteiger partial charge on any atom is -0.378 e. The minimum atomic E-state index is -0.459. The fourth-order valence-corrected chi connectivity index (χ4v) is 3.37. The van der Waals surface area contributed by atoms with Gasteiger partial charge in [0, 0.05) is 43.5 Å². The smallest absolute Gasteiger partial charge is 0.269 e. The number of nitrogens with zero attached hydrogens (tertiary/aromatic N) is 6. The van der Waals surface area contributed by atoms with Crippen LogP contribution in [0.3, 0.4) is 0 Å². The van der Waals surface area contributed by atoms with E-state index in [1.54, 1.807) is 24.3 Å². The number of rotatable bonds is 8. The molecule has 0 atom stereocenters. The van der Waals surface area contributed by atoms with Crippen LogP contribution in [0, 0.1) is 10.1 Å². The van der Waals surface area contributed by atoms with E-state index in [-0.39, 0.29) is 23.5 Å². The quantitative estimate of drug-likeness (QED) is 0.243. The summed E-state index contributed by atoms with van der Waals surface area (Å²) in [5, 5.41) is 21.1. The number of morpholine rings is 1. The molecule has 1 fully saturated rings. The SMILES string of the molecule is CC(=O)Nc1ccc(/C(C)=N\Nc2nc(Nc3ccc([N+](=O)[O-])cc3)nc(N3CCOCC3)n2)cc1. The Morgan fingerprint density at radius 2 is 1.61 bits per heavy atom. The van der Waals surface area contributed by atoms with E-state index in [9.17, 15) is 14.9 Å². The van der Waals surface area contributed by atoms with Gasteiger partial charge in [0.25, 0.3) is 5.69 Å². The highest BCUT2D eigenvalue weighted by atomic mass is 16.6. The average molecular weight is 492 g/mol. The number of benzene rings is 2. The van der Waals surface area contributed by atoms with Crippen molar-refractivity contribution in [2.75, 3.05) is 47.3 Å². The molecule has 0 bridgehead atoms. The third-order valence-corrected chi connectivity index (χ3v) is 5.20. The lowest BCUT2D eigenvalue weighted by Crippen LogP contribution is -2.37. The van der Waals surface area contributed by atoms with E-state index < -0.39 is 4.92 Å². The maximum absolute atomic E-state index is 11.2. The number of nitro benzene ring substituents is 1. The maximum atomic E-state index is 11.2. The van der Waals surface area contributed by atoms with E-state index in [0.29, 0.717) is 49.3 Å². The number of carbonyl (C=O) groups is 1. The van der Waals surface area contributed by atoms with Gasteiger partial charge in [0.15, 0.2) is 0 Å². The number of nitrogens with one attached hydrogen (secondary N) is 3. The first-order valence-electron chi connectivity index (χ1n) is 11.2. The minimum absolute atomic E-state index is 0.0116. The van der Waals surface area contributed by atoms with Gasteiger partial charge >= 0.3 is 0 Å². The number of aromatic nitrogens is 3. The van der Waals surface area contributed by atoms with Gasteiger partial charge in [0.05, 0.1) is 23.8 Å². The summed E-state index contributed by atoms with van der Waals surface area (Å²) in [6, 6.07) is 13.2. The molecule has 0 aliphatic carbocycles. The van der Waals surface area contributed by atoms with E-state index in [2.05, 4.69) is 36.1 Å². The fraction of sp³-hybridized carbons (Fsp3) is 0.261. The molecular weight excluding hydrogens is 466 g/mol. The topological polar surface area (TPSA) is 160 Å². The summed E-state index contributed by atoms with van der Waals surface area (Å²) in [4.78, 5) is 37.1. The number of anilines is 5. The second-order valence-electron chi connectivity index (χ2n) is 7.88. The Labute approximate surface area is 206 Å². The molecular formula is C23H25N9O4. The number of amides is 1. The maximum Gasteiger partial charge on any atom is 0.269 e. The number of ether oxygens (including phenoxy) is 1. The lowest BCUT2D eigenvalue weighted by Gasteiger charge is -2.27. The van der Waals surface area contributed by atoms with E-state index in [1.807, 2.05) is 24.0 Å². The van der Waals surface area contributed by atoms with Crippen LogP contribution < -0.4 is 21.0 Å². The van der Waals surface area contributed by atoms with Crippen molar-refractivity contribution in [3.05, 3.63) is 64.2 Å². The average Bonchev–Trinajstić information content (AvgIpc) is 2.88. The normalized spacial score (nSPS) is 13.7. The van der Waals surface area contributed by atoms with Crippen LogP contribution in [0.2, 0.25) is 0 Å². The van der Waals surface area contributed by atoms with Gasteiger partial charge in [-0.3, -0.25) is 14.9 Å². The van der Waals surface area contributed by atoms with Crippen LogP contribution in [-0.4, -0.2) is 57.8 Å². The monoisotopic (exact) mass is 491 g/mol. The molecule has 13 heteroatoms. The summed E-state index contributed by atoms with van der Waals surface area (Å²) in [6.07, 6.45) is 0. The van der Waals surface area contributed by atoms with Crippen LogP contribution in [0.15, 0.2) is 53.6 Å². The molecule has 3 N–H and O–H groups in total. The van der Waals surface area contributed by atoms with Crippen LogP contribution >= 0.6 is 0 Å². The molecule has 1 aliphatic heterocycles. The molecule has 0 unspecified atom stereocenters. The highest BCUT2D eigenvalue weighted by molar-refractivity contribution is 5.99. The molecule has 36 heavy (non-hydrogen) atoms. The standard InChI is InChI=1S/C23H25N9O4/c1-15(17-3-5-18(6-4-17)24-16(2)33)29-30-22-26-21(25-19-7-9-20(10-8-19)32(34)35)27-23(28-22)31-11-13-36-14-12-31/h3-10H,11-14H2,1-2H3,(H,24,33)(H2,25,26,27,28,30)/b29-15-. The van der Waals surface area contributed by atoms with Gasteiger partial charge in [-0.1, -0.05) is 12.1 Å². The summed E-state index contributed by atoms with van der Waals surface area (Å²) < 4.78 is 5.42. The summed E-state index contributed by atoms with van der Waals surface area (Å²) in [7, 11) is 0. The van der Waals surface area contributed by atoms with E-state index in [1.165, 1.54) is 19.1 Å². The van der Waals surface area contributed by atoms with Crippen molar-refractivity contribution in [2.45, 2.75) is 13.8 Å². The highest BCUT2D eigenvalue weighted by Crippen LogP contribution is 2.21. The molecule has 3 aromatic rings. The zero-order valence-corrected chi connectivity index (χ0v) is 19.8. The predicted molar refractivity (Wildman–Crippen MR) is 136 cm³/mol. The Kier molecular flexibility index (Phi) is 7.60. The molecule has 4 rings (SSSR count). The Balaban J connectivity index is 1.55. The van der Waals surface area contributed by atoms with Crippen molar-refractivity contribution in [1.29, 1.82) is 0 Å². The van der Waals surface area contributed by atoms with Crippen molar-refractivity contribution in [2.24, 2.45) is 5.10 Å². The number of hydrazone groups is 1. The van der Waals surface area contributed by atoms with Gasteiger partial charge in [0.2, 0.25) is 23.8 Å². The highest BCUT2D eigenvalue weighted by Gasteiger charge is 2.17. The number of carbonyl (C=O) groups excluding carboxylic acids is 1. The zero-order valence-electron chi connectivity index (χ0n) is 19.8. The van der Waals surface area contributed by atoms with E-state index in [4.69, 9.17) is 4.74 Å². The third-order valence-electron chi connectivity index (χ3n) is 5.20. The Morgan fingerprint density at radius 3 is 2.25 bits per heavy atom. The molecule has 1 saturated heterocycles. The Hall–Kier alpha value is -4.65. The predicted octanol–water partition coefficient (Wildman–Crippen LogP) is 3.15. The molecule has 1 aromatic heterocycles. The molecule has 2 heterocycles. The molecule has 1 amide bonds. The summed E-state index contributed by atoms with van der Waals surface area (Å²) in [5.41, 5.74) is 5.69.